The first-order valence-electron chi connectivity index (χ1n) is 6.16. The Morgan fingerprint density at radius 1 is 1.28 bits per heavy atom. The van der Waals surface area contributed by atoms with Crippen molar-refractivity contribution in [1.82, 2.24) is 15.3 Å². The lowest BCUT2D eigenvalue weighted by Gasteiger charge is -2.17. The Morgan fingerprint density at radius 2 is 1.89 bits per heavy atom. The summed E-state index contributed by atoms with van der Waals surface area (Å²) in [6.45, 7) is 10.0. The standard InChI is InChI=1S/C13H20ClN3O/c1-7(2)9(5)16-13(18)11-10(14)6-15-12(17-11)8(3)4/h6-9H,1-5H3,(H,16,18). The minimum Gasteiger partial charge on any atom is -0.348 e. The van der Waals surface area contributed by atoms with E-state index >= 15 is 0 Å². The average molecular weight is 270 g/mol. The molecule has 1 rings (SSSR count). The highest BCUT2D eigenvalue weighted by atomic mass is 35.5. The normalized spacial score (nSPS) is 12.9. The molecular formula is C13H20ClN3O. The molecular weight excluding hydrogens is 250 g/mol. The summed E-state index contributed by atoms with van der Waals surface area (Å²) < 4.78 is 0. The van der Waals surface area contributed by atoms with Crippen molar-refractivity contribution in [2.75, 3.05) is 0 Å². The number of nitrogens with zero attached hydrogens (tertiary/aromatic N) is 2. The van der Waals surface area contributed by atoms with Crippen molar-refractivity contribution in [2.45, 2.75) is 46.6 Å². The molecule has 0 aliphatic rings. The molecule has 5 heteroatoms. The van der Waals surface area contributed by atoms with Crippen molar-refractivity contribution in [1.29, 1.82) is 0 Å². The maximum Gasteiger partial charge on any atom is 0.271 e. The predicted octanol–water partition coefficient (Wildman–Crippen LogP) is 3.03. The van der Waals surface area contributed by atoms with Crippen LogP contribution in [0, 0.1) is 5.92 Å². The van der Waals surface area contributed by atoms with Gasteiger partial charge in [0.05, 0.1) is 11.2 Å². The fourth-order valence-corrected chi connectivity index (χ4v) is 1.44. The Balaban J connectivity index is 2.94. The van der Waals surface area contributed by atoms with Crippen LogP contribution in [-0.2, 0) is 0 Å². The van der Waals surface area contributed by atoms with Crippen LogP contribution in [-0.4, -0.2) is 21.9 Å². The highest BCUT2D eigenvalue weighted by Crippen LogP contribution is 2.16. The first-order chi connectivity index (χ1) is 8.32. The number of carbonyl (C=O) groups excluding carboxylic acids is 1. The van der Waals surface area contributed by atoms with Gasteiger partial charge in [0.25, 0.3) is 5.91 Å². The summed E-state index contributed by atoms with van der Waals surface area (Å²) in [6.07, 6.45) is 1.48. The molecule has 0 saturated heterocycles. The number of amides is 1. The zero-order valence-electron chi connectivity index (χ0n) is 11.5. The van der Waals surface area contributed by atoms with Crippen molar-refractivity contribution >= 4 is 17.5 Å². The van der Waals surface area contributed by atoms with Crippen LogP contribution in [0.4, 0.5) is 0 Å². The quantitative estimate of drug-likeness (QED) is 0.914. The molecule has 1 unspecified atom stereocenters. The molecule has 100 valence electrons. The predicted molar refractivity (Wildman–Crippen MR) is 72.9 cm³/mol. The van der Waals surface area contributed by atoms with Gasteiger partial charge < -0.3 is 5.32 Å². The lowest BCUT2D eigenvalue weighted by molar-refractivity contribution is 0.0925. The SMILES string of the molecule is CC(C)c1ncc(Cl)c(C(=O)NC(C)C(C)C)n1. The Kier molecular flexibility index (Phi) is 5.08. The Labute approximate surface area is 113 Å². The summed E-state index contributed by atoms with van der Waals surface area (Å²) in [5.41, 5.74) is 0.253. The first-order valence-corrected chi connectivity index (χ1v) is 6.54. The van der Waals surface area contributed by atoms with E-state index in [1.54, 1.807) is 0 Å². The molecule has 0 fully saturated rings. The lowest BCUT2D eigenvalue weighted by atomic mass is 10.1. The first kappa shape index (κ1) is 14.9. The van der Waals surface area contributed by atoms with E-state index in [0.717, 1.165) is 0 Å². The number of hydrogen-bond acceptors (Lipinski definition) is 3. The van der Waals surface area contributed by atoms with Gasteiger partial charge >= 0.3 is 0 Å². The number of halogens is 1. The van der Waals surface area contributed by atoms with Crippen LogP contribution >= 0.6 is 11.6 Å². The topological polar surface area (TPSA) is 54.9 Å². The number of hydrogen-bond donors (Lipinski definition) is 1. The molecule has 0 aliphatic heterocycles. The van der Waals surface area contributed by atoms with Gasteiger partial charge in [0.15, 0.2) is 0 Å². The smallest absolute Gasteiger partial charge is 0.271 e. The molecule has 0 bridgehead atoms. The van der Waals surface area contributed by atoms with E-state index < -0.39 is 0 Å². The summed E-state index contributed by atoms with van der Waals surface area (Å²) in [7, 11) is 0. The van der Waals surface area contributed by atoms with Crippen LogP contribution in [0.3, 0.4) is 0 Å². The third kappa shape index (κ3) is 3.67. The summed E-state index contributed by atoms with van der Waals surface area (Å²) in [6, 6.07) is 0.0750. The molecule has 0 saturated carbocycles. The zero-order chi connectivity index (χ0) is 13.9. The molecule has 1 amide bonds. The van der Waals surface area contributed by atoms with Crippen molar-refractivity contribution in [3.05, 3.63) is 22.7 Å². The second-order valence-corrected chi connectivity index (χ2v) is 5.49. The van der Waals surface area contributed by atoms with E-state index in [4.69, 9.17) is 11.6 Å². The fraction of sp³-hybridized carbons (Fsp3) is 0.615. The lowest BCUT2D eigenvalue weighted by Crippen LogP contribution is -2.36. The second kappa shape index (κ2) is 6.14. The van der Waals surface area contributed by atoms with Gasteiger partial charge in [-0.05, 0) is 12.8 Å². The van der Waals surface area contributed by atoms with Crippen molar-refractivity contribution in [3.63, 3.8) is 0 Å². The van der Waals surface area contributed by atoms with E-state index in [0.29, 0.717) is 11.7 Å². The molecule has 0 aromatic carbocycles. The molecule has 1 aromatic heterocycles. The minimum absolute atomic E-state index is 0.0750. The number of nitrogens with one attached hydrogen (secondary N) is 1. The minimum atomic E-state index is -0.245. The van der Waals surface area contributed by atoms with Crippen LogP contribution in [0.1, 0.15) is 56.8 Å². The molecule has 0 aliphatic carbocycles. The summed E-state index contributed by atoms with van der Waals surface area (Å²) in [5, 5.41) is 3.17. The molecule has 1 atom stereocenters. The molecule has 1 aromatic rings. The van der Waals surface area contributed by atoms with Crippen LogP contribution in [0.2, 0.25) is 5.02 Å². The van der Waals surface area contributed by atoms with E-state index in [9.17, 15) is 4.79 Å². The van der Waals surface area contributed by atoms with Crippen LogP contribution < -0.4 is 5.32 Å². The van der Waals surface area contributed by atoms with Gasteiger partial charge in [-0.2, -0.15) is 0 Å². The van der Waals surface area contributed by atoms with E-state index in [-0.39, 0.29) is 28.6 Å². The number of carbonyl (C=O) groups is 1. The molecule has 0 radical (unpaired) electrons. The third-order valence-corrected chi connectivity index (χ3v) is 3.13. The molecule has 18 heavy (non-hydrogen) atoms. The molecule has 4 nitrogen and oxygen atoms in total. The van der Waals surface area contributed by atoms with Gasteiger partial charge in [0, 0.05) is 12.0 Å². The summed E-state index contributed by atoms with van der Waals surface area (Å²) >= 11 is 5.97. The zero-order valence-corrected chi connectivity index (χ0v) is 12.2. The summed E-state index contributed by atoms with van der Waals surface area (Å²) in [4.78, 5) is 20.4. The fourth-order valence-electron chi connectivity index (χ4n) is 1.26. The highest BCUT2D eigenvalue weighted by molar-refractivity contribution is 6.33. The van der Waals surface area contributed by atoms with Gasteiger partial charge in [-0.3, -0.25) is 4.79 Å². The van der Waals surface area contributed by atoms with E-state index in [2.05, 4.69) is 15.3 Å². The third-order valence-electron chi connectivity index (χ3n) is 2.85. The Bertz CT molecular complexity index is 432. The Hall–Kier alpha value is -1.16. The molecule has 1 N–H and O–H groups in total. The molecule has 1 heterocycles. The number of aromatic nitrogens is 2. The molecule has 0 spiro atoms. The highest BCUT2D eigenvalue weighted by Gasteiger charge is 2.18. The van der Waals surface area contributed by atoms with Crippen molar-refractivity contribution < 1.29 is 4.79 Å². The Morgan fingerprint density at radius 3 is 2.39 bits per heavy atom. The van der Waals surface area contributed by atoms with E-state index in [1.807, 2.05) is 34.6 Å². The van der Waals surface area contributed by atoms with Gasteiger partial charge in [-0.25, -0.2) is 9.97 Å². The van der Waals surface area contributed by atoms with Crippen molar-refractivity contribution in [3.8, 4) is 0 Å². The van der Waals surface area contributed by atoms with Crippen LogP contribution in [0.25, 0.3) is 0 Å². The maximum absolute atomic E-state index is 12.1. The second-order valence-electron chi connectivity index (χ2n) is 5.09. The van der Waals surface area contributed by atoms with Crippen LogP contribution in [0.5, 0.6) is 0 Å². The van der Waals surface area contributed by atoms with Gasteiger partial charge in [0.2, 0.25) is 0 Å². The van der Waals surface area contributed by atoms with Gasteiger partial charge in [-0.15, -0.1) is 0 Å². The van der Waals surface area contributed by atoms with E-state index in [1.165, 1.54) is 6.20 Å². The van der Waals surface area contributed by atoms with Gasteiger partial charge in [0.1, 0.15) is 11.5 Å². The monoisotopic (exact) mass is 269 g/mol. The maximum atomic E-state index is 12.1. The van der Waals surface area contributed by atoms with Crippen molar-refractivity contribution in [2.24, 2.45) is 5.92 Å². The average Bonchev–Trinajstić information content (AvgIpc) is 2.28. The van der Waals surface area contributed by atoms with Crippen LogP contribution in [0.15, 0.2) is 6.20 Å². The number of rotatable bonds is 4. The largest absolute Gasteiger partial charge is 0.348 e. The summed E-state index contributed by atoms with van der Waals surface area (Å²) in [5.74, 6) is 0.905. The van der Waals surface area contributed by atoms with Gasteiger partial charge in [-0.1, -0.05) is 39.3 Å².